The van der Waals surface area contributed by atoms with Crippen LogP contribution in [0, 0.1) is 0 Å². The van der Waals surface area contributed by atoms with Crippen molar-refractivity contribution in [1.29, 1.82) is 0 Å². The minimum absolute atomic E-state index is 0.0319. The summed E-state index contributed by atoms with van der Waals surface area (Å²) in [6, 6.07) is 3.96. The number of rotatable bonds is 2. The van der Waals surface area contributed by atoms with Crippen LogP contribution < -0.4 is 4.74 Å². The minimum Gasteiger partial charge on any atom is -0.455 e. The molecule has 1 aromatic heterocycles. The molecule has 1 N–H and O–H groups in total. The first-order valence-electron chi connectivity index (χ1n) is 6.35. The fourth-order valence-electron chi connectivity index (χ4n) is 2.01. The van der Waals surface area contributed by atoms with E-state index in [0.29, 0.717) is 0 Å². The molecule has 0 fully saturated rings. The summed E-state index contributed by atoms with van der Waals surface area (Å²) >= 11 is 29.6. The van der Waals surface area contributed by atoms with E-state index in [1.165, 1.54) is 18.2 Å². The van der Waals surface area contributed by atoms with Gasteiger partial charge in [0.2, 0.25) is 5.82 Å². The molecule has 0 radical (unpaired) electrons. The average Bonchev–Trinajstić information content (AvgIpc) is 2.96. The van der Waals surface area contributed by atoms with Gasteiger partial charge in [0.05, 0.1) is 25.1 Å². The van der Waals surface area contributed by atoms with Gasteiger partial charge in [-0.15, -0.1) is 0 Å². The summed E-state index contributed by atoms with van der Waals surface area (Å²) < 4.78 is 44.3. The highest BCUT2D eigenvalue weighted by Gasteiger charge is 2.36. The Balaban J connectivity index is 2.16. The molecule has 3 nitrogen and oxygen atoms in total. The number of nitrogens with zero attached hydrogens (tertiary/aromatic N) is 1. The lowest BCUT2D eigenvalue weighted by Crippen LogP contribution is -2.06. The molecular formula is C14H4Cl5F3N2O. The Morgan fingerprint density at radius 2 is 1.44 bits per heavy atom. The molecule has 0 bridgehead atoms. The molecule has 0 aliphatic rings. The zero-order chi connectivity index (χ0) is 18.5. The van der Waals surface area contributed by atoms with Crippen LogP contribution in [0.15, 0.2) is 18.2 Å². The lowest BCUT2D eigenvalue weighted by molar-refractivity contribution is -0.144. The number of aromatic amines is 1. The Bertz CT molecular complexity index is 964. The molecule has 0 saturated carbocycles. The lowest BCUT2D eigenvalue weighted by atomic mass is 10.3. The van der Waals surface area contributed by atoms with Gasteiger partial charge in [-0.2, -0.15) is 13.2 Å². The van der Waals surface area contributed by atoms with E-state index >= 15 is 0 Å². The lowest BCUT2D eigenvalue weighted by Gasteiger charge is -2.10. The molecule has 11 heteroatoms. The first-order chi connectivity index (χ1) is 11.6. The van der Waals surface area contributed by atoms with Crippen molar-refractivity contribution in [2.75, 3.05) is 0 Å². The second-order valence-electron chi connectivity index (χ2n) is 4.78. The molecule has 0 aliphatic carbocycles. The van der Waals surface area contributed by atoms with E-state index in [0.717, 1.165) is 0 Å². The number of fused-ring (bicyclic) bond motifs is 1. The van der Waals surface area contributed by atoms with E-state index < -0.39 is 12.0 Å². The number of imidazole rings is 1. The highest BCUT2D eigenvalue weighted by molar-refractivity contribution is 6.48. The van der Waals surface area contributed by atoms with Gasteiger partial charge >= 0.3 is 6.18 Å². The highest BCUT2D eigenvalue weighted by atomic mass is 35.5. The van der Waals surface area contributed by atoms with Gasteiger partial charge in [-0.3, -0.25) is 0 Å². The summed E-state index contributed by atoms with van der Waals surface area (Å²) in [5.41, 5.74) is -0.258. The number of hydrogen-bond donors (Lipinski definition) is 1. The van der Waals surface area contributed by atoms with E-state index in [1.54, 1.807) is 0 Å². The summed E-state index contributed by atoms with van der Waals surface area (Å²) in [5.74, 6) is -1.13. The van der Waals surface area contributed by atoms with Gasteiger partial charge in [0.1, 0.15) is 16.8 Å². The van der Waals surface area contributed by atoms with Gasteiger partial charge in [-0.1, -0.05) is 58.0 Å². The maximum Gasteiger partial charge on any atom is 0.449 e. The van der Waals surface area contributed by atoms with Gasteiger partial charge in [0.25, 0.3) is 0 Å². The van der Waals surface area contributed by atoms with Crippen LogP contribution in [0.4, 0.5) is 13.2 Å². The molecule has 0 amide bonds. The average molecular weight is 450 g/mol. The van der Waals surface area contributed by atoms with Gasteiger partial charge in [0, 0.05) is 18.2 Å². The van der Waals surface area contributed by atoms with E-state index in [4.69, 9.17) is 62.7 Å². The summed E-state index contributed by atoms with van der Waals surface area (Å²) in [5, 5.41) is 0.177. The summed E-state index contributed by atoms with van der Waals surface area (Å²) in [6.07, 6.45) is -4.70. The maximum absolute atomic E-state index is 12.9. The van der Waals surface area contributed by atoms with Crippen molar-refractivity contribution in [2.24, 2.45) is 0 Å². The van der Waals surface area contributed by atoms with Crippen molar-refractivity contribution in [3.63, 3.8) is 0 Å². The van der Waals surface area contributed by atoms with E-state index in [9.17, 15) is 13.2 Å². The maximum atomic E-state index is 12.9. The van der Waals surface area contributed by atoms with Crippen LogP contribution in [-0.4, -0.2) is 9.97 Å². The normalized spacial score (nSPS) is 12.0. The van der Waals surface area contributed by atoms with E-state index in [-0.39, 0.29) is 47.6 Å². The molecule has 1 heterocycles. The zero-order valence-electron chi connectivity index (χ0n) is 11.6. The number of benzene rings is 2. The van der Waals surface area contributed by atoms with Gasteiger partial charge in [-0.25, -0.2) is 4.98 Å². The smallest absolute Gasteiger partial charge is 0.449 e. The molecule has 0 spiro atoms. The molecule has 3 aromatic rings. The molecule has 25 heavy (non-hydrogen) atoms. The van der Waals surface area contributed by atoms with Crippen LogP contribution in [0.2, 0.25) is 25.1 Å². The Kier molecular flexibility index (Phi) is 4.94. The molecule has 0 unspecified atom stereocenters. The number of halogens is 8. The molecule has 0 saturated heterocycles. The topological polar surface area (TPSA) is 37.9 Å². The largest absolute Gasteiger partial charge is 0.455 e. The first-order valence-corrected chi connectivity index (χ1v) is 8.24. The van der Waals surface area contributed by atoms with Crippen molar-refractivity contribution in [3.05, 3.63) is 49.1 Å². The monoisotopic (exact) mass is 448 g/mol. The predicted octanol–water partition coefficient (Wildman–Crippen LogP) is 7.64. The van der Waals surface area contributed by atoms with Crippen molar-refractivity contribution >= 4 is 69.0 Å². The quantitative estimate of drug-likeness (QED) is 0.408. The second-order valence-corrected chi connectivity index (χ2v) is 6.76. The first kappa shape index (κ1) is 18.7. The number of hydrogen-bond acceptors (Lipinski definition) is 2. The van der Waals surface area contributed by atoms with Gasteiger partial charge in [0.15, 0.2) is 5.75 Å². The molecule has 132 valence electrons. The SMILES string of the molecule is FC(F)(F)c1nc2c(Cl)c(Cl)cc(Oc3cc(Cl)c(Cl)c(Cl)c3)c2[nH]1. The van der Waals surface area contributed by atoms with Crippen LogP contribution in [0.25, 0.3) is 11.0 Å². The third kappa shape index (κ3) is 3.59. The summed E-state index contributed by atoms with van der Waals surface area (Å²) in [4.78, 5) is 5.58. The van der Waals surface area contributed by atoms with Crippen LogP contribution >= 0.6 is 58.0 Å². The standard InChI is InChI=1S/C14H4Cl5F3N2O/c15-5-1-4(2-6(16)9(5)18)25-8-3-7(17)10(19)12-11(8)23-13(24-12)14(20,21)22/h1-3H,(H,23,24). The number of aromatic nitrogens is 2. The molecule has 0 atom stereocenters. The zero-order valence-corrected chi connectivity index (χ0v) is 15.4. The third-order valence-electron chi connectivity index (χ3n) is 3.08. The molecule has 0 aliphatic heterocycles. The summed E-state index contributed by atoms with van der Waals surface area (Å²) in [7, 11) is 0. The van der Waals surface area contributed by atoms with Crippen LogP contribution in [0.1, 0.15) is 5.82 Å². The summed E-state index contributed by atoms with van der Waals surface area (Å²) in [6.45, 7) is 0. The van der Waals surface area contributed by atoms with Gasteiger partial charge in [-0.05, 0) is 0 Å². The number of ether oxygens (including phenoxy) is 1. The fraction of sp³-hybridized carbons (Fsp3) is 0.0714. The van der Waals surface area contributed by atoms with Crippen LogP contribution in [0.5, 0.6) is 11.5 Å². The second kappa shape index (κ2) is 6.59. The number of nitrogens with one attached hydrogen (secondary N) is 1. The van der Waals surface area contributed by atoms with Crippen molar-refractivity contribution < 1.29 is 17.9 Å². The van der Waals surface area contributed by atoms with Crippen molar-refractivity contribution in [1.82, 2.24) is 9.97 Å². The Hall–Kier alpha value is -1.05. The van der Waals surface area contributed by atoms with Crippen molar-refractivity contribution in [3.8, 4) is 11.5 Å². The predicted molar refractivity (Wildman–Crippen MR) is 92.7 cm³/mol. The fourth-order valence-corrected chi connectivity index (χ4v) is 2.96. The van der Waals surface area contributed by atoms with E-state index in [1.807, 2.05) is 0 Å². The molecule has 3 rings (SSSR count). The number of alkyl halides is 3. The number of H-pyrrole nitrogens is 1. The Labute approximate surface area is 163 Å². The molecular weight excluding hydrogens is 446 g/mol. The third-order valence-corrected chi connectivity index (χ3v) is 5.05. The Morgan fingerprint density at radius 3 is 2.00 bits per heavy atom. The Morgan fingerprint density at radius 1 is 0.880 bits per heavy atom. The van der Waals surface area contributed by atoms with E-state index in [2.05, 4.69) is 9.97 Å². The van der Waals surface area contributed by atoms with Crippen molar-refractivity contribution in [2.45, 2.75) is 6.18 Å². The molecule has 2 aromatic carbocycles. The minimum atomic E-state index is -4.70. The van der Waals surface area contributed by atoms with Gasteiger partial charge < -0.3 is 9.72 Å². The highest BCUT2D eigenvalue weighted by Crippen LogP contribution is 2.42. The van der Waals surface area contributed by atoms with Crippen LogP contribution in [0.3, 0.4) is 0 Å². The van der Waals surface area contributed by atoms with Crippen LogP contribution in [-0.2, 0) is 6.18 Å².